The first-order valence-electron chi connectivity index (χ1n) is 23.4. The number of carbonyl (C=O) groups excluding carboxylic acids is 3. The monoisotopic (exact) mass is 1070 g/mol. The Labute approximate surface area is 451 Å². The number of ketones is 2. The van der Waals surface area contributed by atoms with Crippen molar-refractivity contribution < 1.29 is 132 Å². The van der Waals surface area contributed by atoms with Crippen molar-refractivity contribution in [2.75, 3.05) is 13.7 Å². The standard InChI is InChI=1S/C28H36O15.C10H10O.C6H13NO3S.C6H8O2.Na/c1-11-21(34)23(36)25(38)27(40-11)43-26-24(37)22(35)19(10-29)42-28(26)41-13-8-16(32)20(17(33)9-13)14(30)5-3-12-4-6-18(39-2)15(31)7-12;1-9-4-6-10(7-5-9)3-2-8-11;8-11(9,10)7-6-4-2-1-3-5-6;1-4-2-3-5(7)6(4)8;/h4,6-9,11,19,21-29,31-38H,3,5,10H2,1-2H3;2-8H,1H3;6-7H,1-5H2,(H,8,9,10);8H,2-3H2,1H3;/q;;;;+1/p-1/b;3-2+;;;. The van der Waals surface area contributed by atoms with Crippen LogP contribution in [0, 0.1) is 6.92 Å². The van der Waals surface area contributed by atoms with Gasteiger partial charge in [-0.1, -0.05) is 61.2 Å². The Balaban J connectivity index is 0.000000371. The SMILES string of the molecule is CC1=C(O)C(=O)CC1.COc1ccc(CCC(=O)c2c(O)cc(OC3OC(CO)C(O)C(O)C3OC3OC(C)C(O)C(O)C3O)cc2O)cc1O.Cc1ccc(/C=C/C=O)cc1.O=S(=O)([O-])NC1CCCCC1.[Na+]. The molecular formula is C50H66NNaO21S. The normalized spacial score (nSPS) is 26.0. The predicted molar refractivity (Wildman–Crippen MR) is 258 cm³/mol. The molecule has 10 atom stereocenters. The van der Waals surface area contributed by atoms with E-state index in [2.05, 4.69) is 4.72 Å². The zero-order valence-electron chi connectivity index (χ0n) is 41.7. The number of Topliss-reactive ketones (excluding diaryl/α,β-unsaturated/α-hetero) is 2. The van der Waals surface area contributed by atoms with Gasteiger partial charge in [0.25, 0.3) is 0 Å². The Morgan fingerprint density at radius 3 is 1.97 bits per heavy atom. The maximum Gasteiger partial charge on any atom is 1.00 e. The molecule has 2 aliphatic carbocycles. The summed E-state index contributed by atoms with van der Waals surface area (Å²) < 4.78 is 60.0. The average Bonchev–Trinajstić information content (AvgIpc) is 3.64. The topological polar surface area (TPSA) is 369 Å². The van der Waals surface area contributed by atoms with Gasteiger partial charge in [0, 0.05) is 31.0 Å². The van der Waals surface area contributed by atoms with E-state index < -0.39 is 101 Å². The molecule has 0 amide bonds. The number of ether oxygens (including phenoxy) is 5. The molecule has 0 spiro atoms. The van der Waals surface area contributed by atoms with E-state index in [1.165, 1.54) is 37.8 Å². The second-order valence-corrected chi connectivity index (χ2v) is 18.9. The van der Waals surface area contributed by atoms with Gasteiger partial charge in [0.05, 0.1) is 19.8 Å². The molecule has 3 aromatic carbocycles. The van der Waals surface area contributed by atoms with Crippen molar-refractivity contribution in [3.05, 3.63) is 94.3 Å². The first kappa shape index (κ1) is 63.8. The van der Waals surface area contributed by atoms with E-state index in [9.17, 15) is 73.3 Å². The van der Waals surface area contributed by atoms with Gasteiger partial charge in [0.15, 0.2) is 51.5 Å². The summed E-state index contributed by atoms with van der Waals surface area (Å²) in [5.74, 6) is -2.16. The summed E-state index contributed by atoms with van der Waals surface area (Å²) in [5, 5.41) is 101. The quantitative estimate of drug-likeness (QED) is 0.0316. The molecule has 74 heavy (non-hydrogen) atoms. The molecule has 0 aromatic heterocycles. The van der Waals surface area contributed by atoms with Crippen molar-refractivity contribution in [3.63, 3.8) is 0 Å². The summed E-state index contributed by atoms with van der Waals surface area (Å²) in [6, 6.07) is 14.5. The molecule has 7 rings (SSSR count). The largest absolute Gasteiger partial charge is 1.00 e. The second kappa shape index (κ2) is 30.3. The van der Waals surface area contributed by atoms with Crippen LogP contribution in [0.1, 0.15) is 92.3 Å². The van der Waals surface area contributed by atoms with Crippen molar-refractivity contribution in [2.24, 2.45) is 0 Å². The van der Waals surface area contributed by atoms with E-state index in [1.54, 1.807) is 19.1 Å². The number of rotatable bonds is 14. The van der Waals surface area contributed by atoms with Gasteiger partial charge in [-0.2, -0.15) is 0 Å². The van der Waals surface area contributed by atoms with Crippen LogP contribution in [0.3, 0.4) is 0 Å². The van der Waals surface area contributed by atoms with Crippen LogP contribution in [-0.4, -0.2) is 163 Å². The van der Waals surface area contributed by atoms with E-state index in [0.717, 1.165) is 68.1 Å². The van der Waals surface area contributed by atoms with Crippen LogP contribution in [0.4, 0.5) is 0 Å². The fourth-order valence-electron chi connectivity index (χ4n) is 7.95. The number of aliphatic hydroxyl groups is 7. The molecule has 2 saturated heterocycles. The molecule has 404 valence electrons. The van der Waals surface area contributed by atoms with Gasteiger partial charge in [-0.15, -0.1) is 0 Å². The van der Waals surface area contributed by atoms with Gasteiger partial charge in [0.1, 0.15) is 65.7 Å². The van der Waals surface area contributed by atoms with Gasteiger partial charge < -0.3 is 79.3 Å². The fraction of sp³-hybridized carbons (Fsp3) is 0.500. The number of aryl methyl sites for hydroxylation is 2. The molecule has 10 unspecified atom stereocenters. The van der Waals surface area contributed by atoms with Gasteiger partial charge in [-0.25, -0.2) is 13.1 Å². The maximum atomic E-state index is 12.9. The summed E-state index contributed by atoms with van der Waals surface area (Å²) >= 11 is 0. The number of hydrogen-bond donors (Lipinski definition) is 11. The molecule has 3 fully saturated rings. The van der Waals surface area contributed by atoms with Crippen molar-refractivity contribution in [2.45, 2.75) is 146 Å². The first-order chi connectivity index (χ1) is 34.5. The molecule has 11 N–H and O–H groups in total. The maximum absolute atomic E-state index is 12.9. The Kier molecular flexibility index (Phi) is 26.1. The molecule has 22 nitrogen and oxygen atoms in total. The Bertz CT molecular complexity index is 2440. The predicted octanol–water partition coefficient (Wildman–Crippen LogP) is -0.581. The zero-order chi connectivity index (χ0) is 54.2. The van der Waals surface area contributed by atoms with Crippen molar-refractivity contribution >= 4 is 34.2 Å². The number of phenols is 3. The number of carbonyl (C=O) groups is 3. The van der Waals surface area contributed by atoms with Gasteiger partial charge >= 0.3 is 29.6 Å². The Morgan fingerprint density at radius 2 is 1.46 bits per heavy atom. The summed E-state index contributed by atoms with van der Waals surface area (Å²) in [7, 11) is -2.83. The summed E-state index contributed by atoms with van der Waals surface area (Å²) in [4.78, 5) is 33.3. The molecule has 2 aliphatic heterocycles. The number of aliphatic hydroxyl groups excluding tert-OH is 7. The third kappa shape index (κ3) is 18.9. The van der Waals surface area contributed by atoms with Crippen LogP contribution < -0.4 is 43.8 Å². The third-order valence-electron chi connectivity index (χ3n) is 12.2. The number of phenolic OH excluding ortho intramolecular Hbond substituents is 3. The van der Waals surface area contributed by atoms with Crippen LogP contribution >= 0.6 is 0 Å². The van der Waals surface area contributed by atoms with Crippen LogP contribution in [0.5, 0.6) is 28.7 Å². The Hall–Kier alpha value is -4.54. The van der Waals surface area contributed by atoms with Crippen molar-refractivity contribution in [1.29, 1.82) is 0 Å². The summed E-state index contributed by atoms with van der Waals surface area (Å²) in [6.45, 7) is 4.47. The summed E-state index contributed by atoms with van der Waals surface area (Å²) in [5.41, 5.74) is 3.33. The minimum atomic E-state index is -4.22. The molecule has 4 aliphatic rings. The number of methoxy groups -OCH3 is 1. The molecule has 3 aromatic rings. The number of aldehydes is 1. The van der Waals surface area contributed by atoms with Crippen molar-refractivity contribution in [1.82, 2.24) is 4.72 Å². The molecule has 1 saturated carbocycles. The smallest absolute Gasteiger partial charge is 0.735 e. The number of benzene rings is 3. The zero-order valence-corrected chi connectivity index (χ0v) is 44.5. The van der Waals surface area contributed by atoms with Gasteiger partial charge in [0.2, 0.25) is 6.29 Å². The number of nitrogens with one attached hydrogen (secondary N) is 1. The van der Waals surface area contributed by atoms with E-state index in [-0.39, 0.29) is 77.2 Å². The molecule has 2 heterocycles. The average molecular weight is 1070 g/mol. The van der Waals surface area contributed by atoms with E-state index in [1.807, 2.05) is 31.2 Å². The third-order valence-corrected chi connectivity index (χ3v) is 12.8. The minimum Gasteiger partial charge on any atom is -0.735 e. The van der Waals surface area contributed by atoms with Gasteiger partial charge in [-0.05, 0) is 81.4 Å². The second-order valence-electron chi connectivity index (χ2n) is 17.7. The molecule has 0 radical (unpaired) electrons. The van der Waals surface area contributed by atoms with E-state index in [0.29, 0.717) is 12.0 Å². The first-order valence-corrected chi connectivity index (χ1v) is 24.8. The molecule has 0 bridgehead atoms. The number of hydrogen-bond acceptors (Lipinski definition) is 21. The van der Waals surface area contributed by atoms with Crippen LogP contribution in [-0.2, 0) is 40.5 Å². The minimum absolute atomic E-state index is 0. The number of allylic oxidation sites excluding steroid dienone is 3. The summed E-state index contributed by atoms with van der Waals surface area (Å²) in [6.07, 6.45) is -5.45. The van der Waals surface area contributed by atoms with Crippen LogP contribution in [0.2, 0.25) is 0 Å². The van der Waals surface area contributed by atoms with E-state index in [4.69, 9.17) is 28.8 Å². The van der Waals surface area contributed by atoms with Crippen LogP contribution in [0.25, 0.3) is 6.08 Å². The van der Waals surface area contributed by atoms with Crippen molar-refractivity contribution in [3.8, 4) is 28.7 Å². The Morgan fingerprint density at radius 1 is 0.824 bits per heavy atom. The van der Waals surface area contributed by atoms with Crippen LogP contribution in [0.15, 0.2) is 72.0 Å². The van der Waals surface area contributed by atoms with Gasteiger partial charge in [-0.3, -0.25) is 14.4 Å². The fourth-order valence-corrected chi connectivity index (χ4v) is 8.60. The van der Waals surface area contributed by atoms with E-state index >= 15 is 0 Å². The number of aromatic hydroxyl groups is 3. The molecule has 24 heteroatoms. The molecular weight excluding hydrogens is 1010 g/mol.